The second kappa shape index (κ2) is 12.5. The van der Waals surface area contributed by atoms with Gasteiger partial charge < -0.3 is 20.0 Å². The number of halogens is 2. The van der Waals surface area contributed by atoms with Crippen molar-refractivity contribution < 1.29 is 13.6 Å². The summed E-state index contributed by atoms with van der Waals surface area (Å²) in [6, 6.07) is 14.1. The molecule has 0 aliphatic carbocycles. The van der Waals surface area contributed by atoms with Crippen LogP contribution in [-0.2, 0) is 17.8 Å². The van der Waals surface area contributed by atoms with E-state index in [1.54, 1.807) is 18.4 Å². The molecule has 0 bridgehead atoms. The van der Waals surface area contributed by atoms with Crippen LogP contribution in [0.5, 0.6) is 0 Å². The molecule has 0 saturated carbocycles. The maximum absolute atomic E-state index is 13.1. The quantitative estimate of drug-likeness (QED) is 0.234. The molecule has 0 radical (unpaired) electrons. The van der Waals surface area contributed by atoms with E-state index in [2.05, 4.69) is 20.6 Å². The van der Waals surface area contributed by atoms with E-state index in [1.807, 2.05) is 36.1 Å². The average molecular weight is 577 g/mol. The summed E-state index contributed by atoms with van der Waals surface area (Å²) in [7, 11) is 0. The van der Waals surface area contributed by atoms with Crippen molar-refractivity contribution in [3.8, 4) is 11.5 Å². The fraction of sp³-hybridized carbons (Fsp3) is 0.320. The third-order valence-corrected chi connectivity index (χ3v) is 5.40. The van der Waals surface area contributed by atoms with Gasteiger partial charge >= 0.3 is 0 Å². The number of anilines is 1. The highest BCUT2D eigenvalue weighted by Crippen LogP contribution is 2.22. The first-order chi connectivity index (χ1) is 16.1. The third kappa shape index (κ3) is 6.78. The second-order valence-corrected chi connectivity index (χ2v) is 7.84. The van der Waals surface area contributed by atoms with E-state index in [0.29, 0.717) is 31.8 Å². The molecule has 2 N–H and O–H groups in total. The maximum Gasteiger partial charge on any atom is 0.227 e. The third-order valence-electron chi connectivity index (χ3n) is 5.40. The van der Waals surface area contributed by atoms with Gasteiger partial charge in [0.15, 0.2) is 5.96 Å². The van der Waals surface area contributed by atoms with Crippen LogP contribution in [-0.4, -0.2) is 36.5 Å². The van der Waals surface area contributed by atoms with Crippen LogP contribution in [0.3, 0.4) is 0 Å². The van der Waals surface area contributed by atoms with Crippen molar-refractivity contribution in [1.82, 2.24) is 15.6 Å². The van der Waals surface area contributed by atoms with Crippen LogP contribution in [0.25, 0.3) is 11.5 Å². The lowest BCUT2D eigenvalue weighted by molar-refractivity contribution is -0.117. The molecular weight excluding hydrogens is 548 g/mol. The van der Waals surface area contributed by atoms with Gasteiger partial charge in [0.25, 0.3) is 0 Å². The zero-order valence-corrected chi connectivity index (χ0v) is 21.4. The minimum absolute atomic E-state index is 0. The Morgan fingerprint density at radius 2 is 1.91 bits per heavy atom. The Kier molecular flexibility index (Phi) is 9.43. The Hall–Kier alpha value is -2.95. The van der Waals surface area contributed by atoms with Crippen LogP contribution in [0.1, 0.15) is 31.0 Å². The molecule has 1 aromatic heterocycles. The van der Waals surface area contributed by atoms with Gasteiger partial charge in [0.1, 0.15) is 12.1 Å². The van der Waals surface area contributed by atoms with Gasteiger partial charge in [-0.25, -0.2) is 14.4 Å². The number of nitrogens with one attached hydrogen (secondary N) is 2. The molecule has 180 valence electrons. The number of benzene rings is 2. The average Bonchev–Trinajstić information content (AvgIpc) is 3.47. The number of nitrogens with zero attached hydrogens (tertiary/aromatic N) is 3. The zero-order chi connectivity index (χ0) is 23.0. The monoisotopic (exact) mass is 577 g/mol. The summed E-state index contributed by atoms with van der Waals surface area (Å²) in [5.41, 5.74) is 3.57. The molecule has 1 saturated heterocycles. The summed E-state index contributed by atoms with van der Waals surface area (Å²) < 4.78 is 18.6. The molecule has 0 spiro atoms. The molecule has 0 unspecified atom stereocenters. The highest BCUT2D eigenvalue weighted by molar-refractivity contribution is 14.0. The smallest absolute Gasteiger partial charge is 0.227 e. The summed E-state index contributed by atoms with van der Waals surface area (Å²) in [5.74, 6) is 1.10. The summed E-state index contributed by atoms with van der Waals surface area (Å²) in [4.78, 5) is 22.9. The molecular formula is C25H29FIN5O2. The van der Waals surface area contributed by atoms with Crippen molar-refractivity contribution in [2.45, 2.75) is 32.7 Å². The van der Waals surface area contributed by atoms with Crippen molar-refractivity contribution >= 4 is 41.5 Å². The van der Waals surface area contributed by atoms with Gasteiger partial charge in [-0.1, -0.05) is 12.1 Å². The molecule has 2 aromatic carbocycles. The van der Waals surface area contributed by atoms with Crippen LogP contribution in [0.4, 0.5) is 10.1 Å². The molecule has 9 heteroatoms. The Balaban J connectivity index is 0.00000324. The van der Waals surface area contributed by atoms with E-state index >= 15 is 0 Å². The van der Waals surface area contributed by atoms with Gasteiger partial charge in [0, 0.05) is 43.7 Å². The van der Waals surface area contributed by atoms with Crippen molar-refractivity contribution in [2.75, 3.05) is 24.5 Å². The standard InChI is InChI=1S/C25H28FN5O2.HI/c1-2-27-25(29-16-18-5-11-22(12-6-18)31-15-3-4-23(31)32)28-14-13-21-17-33-24(30-21)19-7-9-20(26)10-8-19;/h5-12,17H,2-4,13-16H2,1H3,(H2,27,28,29);1H. The highest BCUT2D eigenvalue weighted by Gasteiger charge is 2.21. The molecule has 34 heavy (non-hydrogen) atoms. The first-order valence-electron chi connectivity index (χ1n) is 11.2. The topological polar surface area (TPSA) is 82.8 Å². The number of aromatic nitrogens is 1. The van der Waals surface area contributed by atoms with Gasteiger partial charge in [-0.3, -0.25) is 4.79 Å². The number of hydrogen-bond acceptors (Lipinski definition) is 4. The van der Waals surface area contributed by atoms with Crippen LogP contribution >= 0.6 is 24.0 Å². The maximum atomic E-state index is 13.1. The van der Waals surface area contributed by atoms with Gasteiger partial charge in [-0.2, -0.15) is 0 Å². The number of oxazole rings is 1. The Morgan fingerprint density at radius 3 is 2.59 bits per heavy atom. The van der Waals surface area contributed by atoms with Gasteiger partial charge in [0.05, 0.1) is 12.2 Å². The summed E-state index contributed by atoms with van der Waals surface area (Å²) in [5, 5.41) is 6.56. The highest BCUT2D eigenvalue weighted by atomic mass is 127. The second-order valence-electron chi connectivity index (χ2n) is 7.84. The summed E-state index contributed by atoms with van der Waals surface area (Å²) in [6.07, 6.45) is 3.83. The van der Waals surface area contributed by atoms with Crippen molar-refractivity contribution in [2.24, 2.45) is 4.99 Å². The van der Waals surface area contributed by atoms with E-state index in [9.17, 15) is 9.18 Å². The molecule has 7 nitrogen and oxygen atoms in total. The number of aliphatic imine (C=N–C) groups is 1. The molecule has 2 heterocycles. The SMILES string of the molecule is CCNC(=NCc1ccc(N2CCCC2=O)cc1)NCCc1coc(-c2ccc(F)cc2)n1.I. The fourth-order valence-electron chi connectivity index (χ4n) is 3.67. The number of rotatable bonds is 8. The lowest BCUT2D eigenvalue weighted by atomic mass is 10.2. The lowest BCUT2D eigenvalue weighted by Crippen LogP contribution is -2.38. The summed E-state index contributed by atoms with van der Waals surface area (Å²) >= 11 is 0. The van der Waals surface area contributed by atoms with Crippen LogP contribution in [0.15, 0.2) is 64.2 Å². The fourth-order valence-corrected chi connectivity index (χ4v) is 3.67. The van der Waals surface area contributed by atoms with E-state index in [0.717, 1.165) is 48.0 Å². The molecule has 1 aliphatic heterocycles. The number of amides is 1. The first-order valence-corrected chi connectivity index (χ1v) is 11.2. The Morgan fingerprint density at radius 1 is 1.15 bits per heavy atom. The number of carbonyl (C=O) groups excluding carboxylic acids is 1. The van der Waals surface area contributed by atoms with E-state index < -0.39 is 0 Å². The van der Waals surface area contributed by atoms with E-state index in [-0.39, 0.29) is 35.7 Å². The predicted molar refractivity (Wildman–Crippen MR) is 142 cm³/mol. The molecule has 1 fully saturated rings. The molecule has 4 rings (SSSR count). The van der Waals surface area contributed by atoms with Crippen molar-refractivity contribution in [1.29, 1.82) is 0 Å². The largest absolute Gasteiger partial charge is 0.444 e. The molecule has 0 atom stereocenters. The normalized spacial score (nSPS) is 13.6. The number of hydrogen-bond donors (Lipinski definition) is 2. The predicted octanol–water partition coefficient (Wildman–Crippen LogP) is 4.52. The molecule has 1 aliphatic rings. The van der Waals surface area contributed by atoms with Gasteiger partial charge in [-0.15, -0.1) is 24.0 Å². The minimum Gasteiger partial charge on any atom is -0.444 e. The minimum atomic E-state index is -0.289. The number of carbonyl (C=O) groups is 1. The van der Waals surface area contributed by atoms with Gasteiger partial charge in [0.2, 0.25) is 11.8 Å². The molecule has 3 aromatic rings. The van der Waals surface area contributed by atoms with E-state index in [4.69, 9.17) is 4.42 Å². The van der Waals surface area contributed by atoms with E-state index in [1.165, 1.54) is 12.1 Å². The van der Waals surface area contributed by atoms with Crippen molar-refractivity contribution in [3.63, 3.8) is 0 Å². The van der Waals surface area contributed by atoms with Crippen LogP contribution in [0, 0.1) is 5.82 Å². The Bertz CT molecular complexity index is 1100. The number of guanidine groups is 1. The van der Waals surface area contributed by atoms with Crippen molar-refractivity contribution in [3.05, 3.63) is 71.9 Å². The lowest BCUT2D eigenvalue weighted by Gasteiger charge is -2.15. The van der Waals surface area contributed by atoms with Gasteiger partial charge in [-0.05, 0) is 55.3 Å². The first kappa shape index (κ1) is 25.7. The Labute approximate surface area is 215 Å². The summed E-state index contributed by atoms with van der Waals surface area (Å²) in [6.45, 7) is 4.73. The zero-order valence-electron chi connectivity index (χ0n) is 19.1. The molecule has 1 amide bonds. The van der Waals surface area contributed by atoms with Crippen LogP contribution < -0.4 is 15.5 Å². The van der Waals surface area contributed by atoms with Crippen LogP contribution in [0.2, 0.25) is 0 Å².